The van der Waals surface area contributed by atoms with Gasteiger partial charge in [-0.05, 0) is 44.0 Å². The molecule has 2 aliphatic rings. The molecule has 2 aliphatic heterocycles. The van der Waals surface area contributed by atoms with Crippen LogP contribution in [-0.4, -0.2) is 80.1 Å². The van der Waals surface area contributed by atoms with E-state index in [9.17, 15) is 14.9 Å². The lowest BCUT2D eigenvalue weighted by molar-refractivity contribution is -0.132. The highest BCUT2D eigenvalue weighted by molar-refractivity contribution is 5.98. The molecule has 0 radical (unpaired) electrons. The maximum Gasteiger partial charge on any atom is 0.234 e. The van der Waals surface area contributed by atoms with E-state index in [1.165, 1.54) is 12.4 Å². The van der Waals surface area contributed by atoms with Crippen LogP contribution in [0.15, 0.2) is 66.5 Å². The van der Waals surface area contributed by atoms with Crippen LogP contribution in [0.2, 0.25) is 0 Å². The van der Waals surface area contributed by atoms with Gasteiger partial charge in [0.15, 0.2) is 5.65 Å². The third kappa shape index (κ3) is 6.52. The Bertz CT molecular complexity index is 1840. The van der Waals surface area contributed by atoms with Crippen molar-refractivity contribution in [3.63, 3.8) is 0 Å². The van der Waals surface area contributed by atoms with Crippen molar-refractivity contribution in [3.8, 4) is 28.8 Å². The van der Waals surface area contributed by atoms with E-state index >= 15 is 4.39 Å². The fraction of sp³-hybridized carbons (Fsp3) is 0.333. The Hall–Kier alpha value is -5.35. The number of nitrogens with one attached hydrogen (secondary N) is 1. The molecular formula is C33H34FN9O3. The Morgan fingerprint density at radius 2 is 2.04 bits per heavy atom. The van der Waals surface area contributed by atoms with Crippen molar-refractivity contribution >= 4 is 28.7 Å². The Morgan fingerprint density at radius 1 is 1.22 bits per heavy atom. The normalized spacial score (nSPS) is 18.2. The van der Waals surface area contributed by atoms with Crippen molar-refractivity contribution < 1.29 is 18.7 Å². The van der Waals surface area contributed by atoms with Crippen LogP contribution in [0.25, 0.3) is 22.3 Å². The summed E-state index contributed by atoms with van der Waals surface area (Å²) in [5.41, 5.74) is 7.61. The van der Waals surface area contributed by atoms with Crippen LogP contribution in [0.3, 0.4) is 0 Å². The Labute approximate surface area is 265 Å². The Kier molecular flexibility index (Phi) is 8.89. The predicted molar refractivity (Wildman–Crippen MR) is 169 cm³/mol. The fourth-order valence-corrected chi connectivity index (χ4v) is 6.01. The number of para-hydroxylation sites is 1. The molecule has 2 fully saturated rings. The first-order chi connectivity index (χ1) is 22.3. The van der Waals surface area contributed by atoms with Gasteiger partial charge in [-0.1, -0.05) is 24.3 Å². The van der Waals surface area contributed by atoms with E-state index in [0.717, 1.165) is 0 Å². The number of nitrogen functional groups attached to an aromatic ring is 1. The van der Waals surface area contributed by atoms with E-state index in [4.69, 9.17) is 15.6 Å². The molecule has 2 atom stereocenters. The second kappa shape index (κ2) is 13.3. The Morgan fingerprint density at radius 3 is 2.80 bits per heavy atom. The molecule has 236 valence electrons. The van der Waals surface area contributed by atoms with Crippen LogP contribution in [0.4, 0.5) is 10.2 Å². The lowest BCUT2D eigenvalue weighted by Crippen LogP contribution is -2.50. The molecule has 46 heavy (non-hydrogen) atoms. The average molecular weight is 624 g/mol. The molecule has 2 amide bonds. The number of nitrogens with two attached hydrogens (primary N) is 1. The molecule has 2 aromatic carbocycles. The molecule has 4 aromatic rings. The number of carbonyl (C=O) groups is 2. The van der Waals surface area contributed by atoms with Gasteiger partial charge in [0.2, 0.25) is 11.8 Å². The number of nitriles is 1. The predicted octanol–water partition coefficient (Wildman–Crippen LogP) is 3.83. The van der Waals surface area contributed by atoms with Crippen molar-refractivity contribution in [2.45, 2.75) is 38.3 Å². The maximum atomic E-state index is 15.6. The number of rotatable bonds is 8. The quantitative estimate of drug-likeness (QED) is 0.279. The molecule has 6 rings (SSSR count). The van der Waals surface area contributed by atoms with Crippen LogP contribution in [0, 0.1) is 17.1 Å². The molecule has 4 heterocycles. The zero-order chi connectivity index (χ0) is 32.2. The van der Waals surface area contributed by atoms with Gasteiger partial charge in [0.05, 0.1) is 30.5 Å². The molecule has 3 N–H and O–H groups in total. The topological polar surface area (TPSA) is 155 Å². The summed E-state index contributed by atoms with van der Waals surface area (Å²) < 4.78 is 23.1. The molecular weight excluding hydrogens is 589 g/mol. The van der Waals surface area contributed by atoms with Crippen LogP contribution in [-0.2, 0) is 9.59 Å². The van der Waals surface area contributed by atoms with E-state index in [1.54, 1.807) is 39.9 Å². The highest BCUT2D eigenvalue weighted by Crippen LogP contribution is 2.36. The van der Waals surface area contributed by atoms with E-state index in [1.807, 2.05) is 30.0 Å². The molecule has 0 bridgehead atoms. The first kappa shape index (κ1) is 30.7. The summed E-state index contributed by atoms with van der Waals surface area (Å²) in [6.07, 6.45) is 4.48. The van der Waals surface area contributed by atoms with Crippen molar-refractivity contribution in [1.29, 1.82) is 5.26 Å². The largest absolute Gasteiger partial charge is 0.457 e. The number of benzene rings is 2. The van der Waals surface area contributed by atoms with Gasteiger partial charge in [0, 0.05) is 49.4 Å². The minimum atomic E-state index is -0.543. The number of nitrogens with zero attached hydrogens (tertiary/aromatic N) is 7. The number of hydrogen-bond donors (Lipinski definition) is 2. The fourth-order valence-electron chi connectivity index (χ4n) is 6.01. The second-order valence-corrected chi connectivity index (χ2v) is 11.5. The lowest BCUT2D eigenvalue weighted by Gasteiger charge is -2.33. The molecule has 0 saturated carbocycles. The number of fused-ring (bicyclic) bond motifs is 1. The second-order valence-electron chi connectivity index (χ2n) is 11.5. The van der Waals surface area contributed by atoms with Crippen molar-refractivity contribution in [3.05, 3.63) is 72.3 Å². The van der Waals surface area contributed by atoms with Gasteiger partial charge in [0.25, 0.3) is 0 Å². The number of piperazine rings is 1. The van der Waals surface area contributed by atoms with Gasteiger partial charge in [-0.15, -0.1) is 0 Å². The number of hydrogen-bond acceptors (Lipinski definition) is 9. The summed E-state index contributed by atoms with van der Waals surface area (Å²) in [5, 5.41) is 17.8. The highest BCUT2D eigenvalue weighted by Gasteiger charge is 2.30. The number of ether oxygens (including phenoxy) is 1. The maximum absolute atomic E-state index is 15.6. The van der Waals surface area contributed by atoms with E-state index in [0.29, 0.717) is 72.8 Å². The zero-order valence-electron chi connectivity index (χ0n) is 25.4. The minimum absolute atomic E-state index is 0.0452. The summed E-state index contributed by atoms with van der Waals surface area (Å²) in [6, 6.07) is 15.4. The highest BCUT2D eigenvalue weighted by atomic mass is 19.1. The van der Waals surface area contributed by atoms with Gasteiger partial charge in [-0.25, -0.2) is 19.0 Å². The number of aromatic nitrogens is 4. The molecule has 1 unspecified atom stereocenters. The monoisotopic (exact) mass is 623 g/mol. The Balaban J connectivity index is 1.22. The number of piperidine rings is 1. The van der Waals surface area contributed by atoms with Crippen molar-refractivity contribution in [2.75, 3.05) is 38.5 Å². The molecule has 2 aromatic heterocycles. The summed E-state index contributed by atoms with van der Waals surface area (Å²) in [7, 11) is 0. The van der Waals surface area contributed by atoms with E-state index < -0.39 is 5.82 Å². The van der Waals surface area contributed by atoms with Gasteiger partial charge < -0.3 is 20.7 Å². The van der Waals surface area contributed by atoms with Gasteiger partial charge in [-0.3, -0.25) is 14.5 Å². The number of halogens is 1. The summed E-state index contributed by atoms with van der Waals surface area (Å²) >= 11 is 0. The standard InChI is InChI=1S/C33H34FN9O3/c1-21(41-13-11-37-28(44)19-41)14-22(17-35)15-29(45)42-12-5-6-23(18-42)43-33-30(32(36)38-20-39-33)31(40-43)26-10-9-25(16-27(26)34)46-24-7-3-2-4-8-24/h2-4,7-10,14,16,20-21,23H,5-6,11-13,15,18-19H2,1H3,(H,37,44)(H2,36,38,39)/t21?,23-/m1/s1. The van der Waals surface area contributed by atoms with Crippen LogP contribution in [0.5, 0.6) is 11.5 Å². The zero-order valence-corrected chi connectivity index (χ0v) is 25.4. The van der Waals surface area contributed by atoms with Crippen LogP contribution < -0.4 is 15.8 Å². The first-order valence-electron chi connectivity index (χ1n) is 15.2. The van der Waals surface area contributed by atoms with Gasteiger partial charge in [0.1, 0.15) is 35.2 Å². The van der Waals surface area contributed by atoms with Crippen LogP contribution >= 0.6 is 0 Å². The number of likely N-dealkylation sites (tertiary alicyclic amines) is 1. The third-order valence-electron chi connectivity index (χ3n) is 8.36. The van der Waals surface area contributed by atoms with E-state index in [-0.39, 0.29) is 48.2 Å². The van der Waals surface area contributed by atoms with E-state index in [2.05, 4.69) is 21.4 Å². The molecule has 13 heteroatoms. The molecule has 2 saturated heterocycles. The first-order valence-corrected chi connectivity index (χ1v) is 15.2. The molecule has 0 spiro atoms. The van der Waals surface area contributed by atoms with Crippen LogP contribution in [0.1, 0.15) is 32.2 Å². The molecule has 0 aliphatic carbocycles. The smallest absolute Gasteiger partial charge is 0.234 e. The van der Waals surface area contributed by atoms with Crippen molar-refractivity contribution in [2.24, 2.45) is 0 Å². The third-order valence-corrected chi connectivity index (χ3v) is 8.36. The number of amides is 2. The van der Waals surface area contributed by atoms with Gasteiger partial charge in [-0.2, -0.15) is 10.4 Å². The SMILES string of the molecule is CC(C=C(C#N)CC(=O)N1CCC[C@@H](n2nc(-c3ccc(Oc4ccccc4)cc3F)c3c(N)ncnc32)C1)N1CCNC(=O)C1. The van der Waals surface area contributed by atoms with Crippen molar-refractivity contribution in [1.82, 2.24) is 34.9 Å². The summed E-state index contributed by atoms with van der Waals surface area (Å²) in [5.74, 6) is 0.317. The number of carbonyl (C=O) groups excluding carboxylic acids is 2. The minimum Gasteiger partial charge on any atom is -0.457 e. The van der Waals surface area contributed by atoms with Gasteiger partial charge >= 0.3 is 0 Å². The lowest BCUT2D eigenvalue weighted by atomic mass is 10.0. The number of anilines is 1. The summed E-state index contributed by atoms with van der Waals surface area (Å²) in [6.45, 7) is 4.27. The summed E-state index contributed by atoms with van der Waals surface area (Å²) in [4.78, 5) is 37.5. The average Bonchev–Trinajstić information content (AvgIpc) is 3.45. The molecule has 12 nitrogen and oxygen atoms in total.